The van der Waals surface area contributed by atoms with Gasteiger partial charge in [-0.1, -0.05) is 23.5 Å². The zero-order valence-electron chi connectivity index (χ0n) is 11.4. The standard InChI is InChI=1S/C11H14N6O2S/c1-4-9-13-15-11(20-9)12-8(19)5-17-6(2)10(7(3)18)14-16-17/h4-5H2,1-3H3,(H,12,15,19). The zero-order chi connectivity index (χ0) is 14.7. The number of ketones is 1. The van der Waals surface area contributed by atoms with Gasteiger partial charge >= 0.3 is 0 Å². The first-order valence-electron chi connectivity index (χ1n) is 6.04. The zero-order valence-corrected chi connectivity index (χ0v) is 12.2. The normalized spacial score (nSPS) is 10.6. The van der Waals surface area contributed by atoms with Crippen molar-refractivity contribution in [3.05, 3.63) is 16.4 Å². The van der Waals surface area contributed by atoms with Crippen molar-refractivity contribution >= 4 is 28.2 Å². The molecule has 20 heavy (non-hydrogen) atoms. The summed E-state index contributed by atoms with van der Waals surface area (Å²) < 4.78 is 1.38. The quantitative estimate of drug-likeness (QED) is 0.820. The molecule has 0 radical (unpaired) electrons. The highest BCUT2D eigenvalue weighted by Crippen LogP contribution is 2.15. The Hall–Kier alpha value is -2.16. The van der Waals surface area contributed by atoms with Crippen LogP contribution in [0.2, 0.25) is 0 Å². The van der Waals surface area contributed by atoms with Gasteiger partial charge in [0.25, 0.3) is 0 Å². The lowest BCUT2D eigenvalue weighted by Gasteiger charge is -2.02. The molecular weight excluding hydrogens is 280 g/mol. The topological polar surface area (TPSA) is 103 Å². The fourth-order valence-electron chi connectivity index (χ4n) is 1.58. The number of aryl methyl sites for hydroxylation is 1. The molecule has 1 amide bonds. The van der Waals surface area contributed by atoms with Crippen molar-refractivity contribution in [2.45, 2.75) is 33.7 Å². The van der Waals surface area contributed by atoms with Gasteiger partial charge in [0.1, 0.15) is 11.6 Å². The van der Waals surface area contributed by atoms with Crippen LogP contribution in [0.3, 0.4) is 0 Å². The minimum absolute atomic E-state index is 0.0207. The summed E-state index contributed by atoms with van der Waals surface area (Å²) in [4.78, 5) is 23.1. The number of nitrogens with one attached hydrogen (secondary N) is 1. The Balaban J connectivity index is 2.03. The van der Waals surface area contributed by atoms with Crippen molar-refractivity contribution in [1.29, 1.82) is 0 Å². The molecule has 8 nitrogen and oxygen atoms in total. The SMILES string of the molecule is CCc1nnc(NC(=O)Cn2nnc(C(C)=O)c2C)s1. The third-order valence-electron chi connectivity index (χ3n) is 2.63. The largest absolute Gasteiger partial charge is 0.299 e. The number of Topliss-reactive ketones (excluding diaryl/α,β-unsaturated/α-hetero) is 1. The molecule has 0 unspecified atom stereocenters. The lowest BCUT2D eigenvalue weighted by Crippen LogP contribution is -2.20. The first-order chi connectivity index (χ1) is 9.51. The summed E-state index contributed by atoms with van der Waals surface area (Å²) in [6, 6.07) is 0. The summed E-state index contributed by atoms with van der Waals surface area (Å²) >= 11 is 1.33. The van der Waals surface area contributed by atoms with E-state index in [4.69, 9.17) is 0 Å². The monoisotopic (exact) mass is 294 g/mol. The fraction of sp³-hybridized carbons (Fsp3) is 0.455. The maximum Gasteiger partial charge on any atom is 0.248 e. The van der Waals surface area contributed by atoms with Gasteiger partial charge in [-0.3, -0.25) is 14.9 Å². The van der Waals surface area contributed by atoms with E-state index in [1.165, 1.54) is 22.9 Å². The fourth-order valence-corrected chi connectivity index (χ4v) is 2.27. The molecule has 2 aromatic rings. The Kier molecular flexibility index (Phi) is 4.18. The molecule has 106 valence electrons. The molecule has 0 aliphatic heterocycles. The molecule has 0 fully saturated rings. The molecule has 2 rings (SSSR count). The summed E-state index contributed by atoms with van der Waals surface area (Å²) in [7, 11) is 0. The van der Waals surface area contributed by atoms with E-state index >= 15 is 0 Å². The molecule has 2 heterocycles. The highest BCUT2D eigenvalue weighted by atomic mass is 32.1. The molecular formula is C11H14N6O2S. The van der Waals surface area contributed by atoms with E-state index in [-0.39, 0.29) is 23.9 Å². The van der Waals surface area contributed by atoms with Crippen LogP contribution < -0.4 is 5.32 Å². The number of hydrogen-bond acceptors (Lipinski definition) is 7. The number of carbonyl (C=O) groups is 2. The molecule has 0 atom stereocenters. The molecule has 0 spiro atoms. The first-order valence-corrected chi connectivity index (χ1v) is 6.86. The van der Waals surface area contributed by atoms with E-state index in [0.29, 0.717) is 10.8 Å². The Labute approximate surface area is 119 Å². The second-order valence-corrected chi connectivity index (χ2v) is 5.20. The van der Waals surface area contributed by atoms with Gasteiger partial charge in [0.15, 0.2) is 11.5 Å². The molecule has 1 N–H and O–H groups in total. The highest BCUT2D eigenvalue weighted by Gasteiger charge is 2.15. The van der Waals surface area contributed by atoms with Crippen LogP contribution in [0.25, 0.3) is 0 Å². The van der Waals surface area contributed by atoms with Gasteiger partial charge in [-0.05, 0) is 13.3 Å². The number of nitrogens with zero attached hydrogens (tertiary/aromatic N) is 5. The van der Waals surface area contributed by atoms with Gasteiger partial charge < -0.3 is 0 Å². The number of rotatable bonds is 5. The summed E-state index contributed by atoms with van der Waals surface area (Å²) in [6.07, 6.45) is 0.775. The first kappa shape index (κ1) is 14.3. The van der Waals surface area contributed by atoms with Gasteiger partial charge in [-0.25, -0.2) is 4.68 Å². The van der Waals surface area contributed by atoms with Gasteiger partial charge in [-0.15, -0.1) is 15.3 Å². The predicted molar refractivity (Wildman–Crippen MR) is 72.7 cm³/mol. The second kappa shape index (κ2) is 5.87. The average Bonchev–Trinajstić information content (AvgIpc) is 2.97. The van der Waals surface area contributed by atoms with Crippen LogP contribution >= 0.6 is 11.3 Å². The van der Waals surface area contributed by atoms with Gasteiger partial charge in [0.05, 0.1) is 5.69 Å². The molecule has 0 aliphatic carbocycles. The van der Waals surface area contributed by atoms with Crippen LogP contribution in [0.4, 0.5) is 5.13 Å². The van der Waals surface area contributed by atoms with E-state index in [0.717, 1.165) is 11.4 Å². The molecule has 0 saturated carbocycles. The van der Waals surface area contributed by atoms with Crippen LogP contribution in [0.15, 0.2) is 0 Å². The Bertz CT molecular complexity index is 647. The lowest BCUT2D eigenvalue weighted by molar-refractivity contribution is -0.117. The van der Waals surface area contributed by atoms with Crippen LogP contribution in [-0.4, -0.2) is 36.9 Å². The van der Waals surface area contributed by atoms with E-state index in [9.17, 15) is 9.59 Å². The number of amides is 1. The maximum atomic E-state index is 11.9. The number of carbonyl (C=O) groups excluding carboxylic acids is 2. The van der Waals surface area contributed by atoms with Crippen molar-refractivity contribution < 1.29 is 9.59 Å². The Morgan fingerprint density at radius 2 is 2.05 bits per heavy atom. The van der Waals surface area contributed by atoms with Crippen LogP contribution in [0.5, 0.6) is 0 Å². The van der Waals surface area contributed by atoms with Crippen molar-refractivity contribution in [1.82, 2.24) is 25.2 Å². The van der Waals surface area contributed by atoms with Crippen molar-refractivity contribution in [2.75, 3.05) is 5.32 Å². The third kappa shape index (κ3) is 3.05. The molecule has 0 saturated heterocycles. The third-order valence-corrected chi connectivity index (χ3v) is 3.61. The molecule has 9 heteroatoms. The molecule has 0 aromatic carbocycles. The number of anilines is 1. The highest BCUT2D eigenvalue weighted by molar-refractivity contribution is 7.15. The van der Waals surface area contributed by atoms with E-state index < -0.39 is 0 Å². The van der Waals surface area contributed by atoms with Crippen LogP contribution in [-0.2, 0) is 17.8 Å². The molecule has 2 aromatic heterocycles. The average molecular weight is 294 g/mol. The van der Waals surface area contributed by atoms with Gasteiger partial charge in [-0.2, -0.15) is 0 Å². The smallest absolute Gasteiger partial charge is 0.248 e. The second-order valence-electron chi connectivity index (χ2n) is 4.14. The van der Waals surface area contributed by atoms with Gasteiger partial charge in [0, 0.05) is 6.92 Å². The molecule has 0 aliphatic rings. The van der Waals surface area contributed by atoms with Crippen molar-refractivity contribution in [3.8, 4) is 0 Å². The van der Waals surface area contributed by atoms with E-state index in [2.05, 4.69) is 25.8 Å². The van der Waals surface area contributed by atoms with Crippen molar-refractivity contribution in [3.63, 3.8) is 0 Å². The predicted octanol–water partition coefficient (Wildman–Crippen LogP) is 0.842. The summed E-state index contributed by atoms with van der Waals surface area (Å²) in [5.41, 5.74) is 0.848. The number of hydrogen-bond donors (Lipinski definition) is 1. The lowest BCUT2D eigenvalue weighted by atomic mass is 10.2. The number of aromatic nitrogens is 5. The maximum absolute atomic E-state index is 11.9. The minimum Gasteiger partial charge on any atom is -0.299 e. The Morgan fingerprint density at radius 1 is 1.30 bits per heavy atom. The Morgan fingerprint density at radius 3 is 2.60 bits per heavy atom. The van der Waals surface area contributed by atoms with Gasteiger partial charge in [0.2, 0.25) is 11.0 Å². The molecule has 0 bridgehead atoms. The van der Waals surface area contributed by atoms with E-state index in [1.54, 1.807) is 6.92 Å². The van der Waals surface area contributed by atoms with E-state index in [1.807, 2.05) is 6.92 Å². The van der Waals surface area contributed by atoms with Crippen LogP contribution in [0.1, 0.15) is 35.0 Å². The summed E-state index contributed by atoms with van der Waals surface area (Å²) in [5.74, 6) is -0.460. The summed E-state index contributed by atoms with van der Waals surface area (Å²) in [6.45, 7) is 5.06. The minimum atomic E-state index is -0.285. The summed E-state index contributed by atoms with van der Waals surface area (Å²) in [5, 5.41) is 19.3. The van der Waals surface area contributed by atoms with Crippen molar-refractivity contribution in [2.24, 2.45) is 0 Å². The van der Waals surface area contributed by atoms with Crippen LogP contribution in [0, 0.1) is 6.92 Å².